The van der Waals surface area contributed by atoms with Crippen molar-refractivity contribution in [2.75, 3.05) is 20.3 Å². The molecule has 0 aromatic heterocycles. The van der Waals surface area contributed by atoms with Crippen LogP contribution in [0.15, 0.2) is 0 Å². The first-order valence-electron chi connectivity index (χ1n) is 6.84. The molecule has 1 saturated carbocycles. The van der Waals surface area contributed by atoms with Gasteiger partial charge in [0.2, 0.25) is 5.91 Å². The van der Waals surface area contributed by atoms with Gasteiger partial charge in [-0.25, -0.2) is 0 Å². The van der Waals surface area contributed by atoms with Crippen LogP contribution < -0.4 is 0 Å². The summed E-state index contributed by atoms with van der Waals surface area (Å²) in [6, 6.07) is 0.348. The Labute approximate surface area is 115 Å². The van der Waals surface area contributed by atoms with Crippen LogP contribution in [0.2, 0.25) is 0 Å². The van der Waals surface area contributed by atoms with Gasteiger partial charge in [-0.15, -0.1) is 0 Å². The van der Waals surface area contributed by atoms with Crippen LogP contribution in [-0.4, -0.2) is 48.7 Å². The number of esters is 1. The van der Waals surface area contributed by atoms with Crippen molar-refractivity contribution in [2.24, 2.45) is 0 Å². The summed E-state index contributed by atoms with van der Waals surface area (Å²) in [7, 11) is 1.62. The molecule has 0 aliphatic heterocycles. The molecule has 5 heteroatoms. The molecule has 0 heterocycles. The summed E-state index contributed by atoms with van der Waals surface area (Å²) >= 11 is 0. The second-order valence-electron chi connectivity index (χ2n) is 5.90. The average molecular weight is 271 g/mol. The molecule has 0 spiro atoms. The lowest BCUT2D eigenvalue weighted by Gasteiger charge is -2.23. The van der Waals surface area contributed by atoms with Crippen molar-refractivity contribution in [3.05, 3.63) is 0 Å². The molecule has 0 unspecified atom stereocenters. The van der Waals surface area contributed by atoms with Gasteiger partial charge in [0.1, 0.15) is 5.60 Å². The summed E-state index contributed by atoms with van der Waals surface area (Å²) in [5, 5.41) is 0. The highest BCUT2D eigenvalue weighted by Crippen LogP contribution is 2.27. The Morgan fingerprint density at radius 2 is 1.84 bits per heavy atom. The molecule has 5 nitrogen and oxygen atoms in total. The highest BCUT2D eigenvalue weighted by Gasteiger charge is 2.32. The van der Waals surface area contributed by atoms with E-state index in [1.165, 1.54) is 0 Å². The number of carbonyl (C=O) groups excluding carboxylic acids is 2. The molecule has 0 aromatic rings. The largest absolute Gasteiger partial charge is 0.460 e. The molecular weight excluding hydrogens is 246 g/mol. The SMILES string of the molecule is COCCN(C(=O)CCC(=O)OC(C)(C)C)C1CC1. The van der Waals surface area contributed by atoms with Crippen LogP contribution >= 0.6 is 0 Å². The summed E-state index contributed by atoms with van der Waals surface area (Å²) in [6.07, 6.45) is 2.48. The van der Waals surface area contributed by atoms with Crippen molar-refractivity contribution >= 4 is 11.9 Å². The Morgan fingerprint density at radius 1 is 1.21 bits per heavy atom. The number of methoxy groups -OCH3 is 1. The zero-order valence-electron chi connectivity index (χ0n) is 12.4. The summed E-state index contributed by atoms with van der Waals surface area (Å²) < 4.78 is 10.2. The van der Waals surface area contributed by atoms with Gasteiger partial charge in [0.15, 0.2) is 0 Å². The Morgan fingerprint density at radius 3 is 2.32 bits per heavy atom. The minimum absolute atomic E-state index is 0.0189. The fourth-order valence-corrected chi connectivity index (χ4v) is 1.83. The fourth-order valence-electron chi connectivity index (χ4n) is 1.83. The van der Waals surface area contributed by atoms with Gasteiger partial charge in [-0.05, 0) is 33.6 Å². The molecule has 1 rings (SSSR count). The Kier molecular flexibility index (Phi) is 5.79. The highest BCUT2D eigenvalue weighted by molar-refractivity contribution is 5.82. The number of hydrogen-bond acceptors (Lipinski definition) is 4. The first-order chi connectivity index (χ1) is 8.83. The highest BCUT2D eigenvalue weighted by atomic mass is 16.6. The molecule has 1 aliphatic carbocycles. The van der Waals surface area contributed by atoms with Crippen LogP contribution in [0.3, 0.4) is 0 Å². The van der Waals surface area contributed by atoms with Crippen molar-refractivity contribution < 1.29 is 19.1 Å². The van der Waals surface area contributed by atoms with E-state index in [0.717, 1.165) is 12.8 Å². The Hall–Kier alpha value is -1.10. The molecule has 110 valence electrons. The lowest BCUT2D eigenvalue weighted by atomic mass is 10.2. The van der Waals surface area contributed by atoms with E-state index in [0.29, 0.717) is 19.2 Å². The van der Waals surface area contributed by atoms with Gasteiger partial charge in [-0.2, -0.15) is 0 Å². The van der Waals surface area contributed by atoms with Crippen LogP contribution in [0.5, 0.6) is 0 Å². The quantitative estimate of drug-likeness (QED) is 0.662. The molecule has 0 N–H and O–H groups in total. The number of nitrogens with zero attached hydrogens (tertiary/aromatic N) is 1. The van der Waals surface area contributed by atoms with Gasteiger partial charge in [-0.3, -0.25) is 9.59 Å². The van der Waals surface area contributed by atoms with E-state index in [2.05, 4.69) is 0 Å². The van der Waals surface area contributed by atoms with Crippen molar-refractivity contribution in [2.45, 2.75) is 58.1 Å². The lowest BCUT2D eigenvalue weighted by Crippen LogP contribution is -2.36. The fraction of sp³-hybridized carbons (Fsp3) is 0.857. The third kappa shape index (κ3) is 6.57. The van der Waals surface area contributed by atoms with E-state index in [1.54, 1.807) is 7.11 Å². The molecule has 0 radical (unpaired) electrons. The van der Waals surface area contributed by atoms with Gasteiger partial charge in [0.25, 0.3) is 0 Å². The molecule has 0 atom stereocenters. The molecular formula is C14H25NO4. The van der Waals surface area contributed by atoms with E-state index in [-0.39, 0.29) is 24.7 Å². The molecule has 1 aliphatic rings. The predicted octanol–water partition coefficient (Wildman–Crippen LogP) is 1.75. The van der Waals surface area contributed by atoms with Crippen LogP contribution in [-0.2, 0) is 19.1 Å². The van der Waals surface area contributed by atoms with E-state index < -0.39 is 5.60 Å². The summed E-state index contributed by atoms with van der Waals surface area (Å²) in [5.74, 6) is -0.297. The van der Waals surface area contributed by atoms with Crippen molar-refractivity contribution in [1.82, 2.24) is 4.90 Å². The molecule has 0 bridgehead atoms. The number of carbonyl (C=O) groups is 2. The topological polar surface area (TPSA) is 55.8 Å². The number of ether oxygens (including phenoxy) is 2. The first kappa shape index (κ1) is 16.0. The molecule has 1 amide bonds. The molecule has 0 saturated heterocycles. The van der Waals surface area contributed by atoms with Gasteiger partial charge in [0.05, 0.1) is 13.0 Å². The minimum atomic E-state index is -0.494. The smallest absolute Gasteiger partial charge is 0.306 e. The van der Waals surface area contributed by atoms with Crippen molar-refractivity contribution in [3.63, 3.8) is 0 Å². The van der Waals surface area contributed by atoms with Crippen LogP contribution in [0.4, 0.5) is 0 Å². The van der Waals surface area contributed by atoms with E-state index >= 15 is 0 Å². The zero-order chi connectivity index (χ0) is 14.5. The second-order valence-corrected chi connectivity index (χ2v) is 5.90. The van der Waals surface area contributed by atoms with Gasteiger partial charge in [0, 0.05) is 26.1 Å². The third-order valence-electron chi connectivity index (χ3n) is 2.81. The maximum atomic E-state index is 12.1. The zero-order valence-corrected chi connectivity index (χ0v) is 12.4. The van der Waals surface area contributed by atoms with Crippen molar-refractivity contribution in [1.29, 1.82) is 0 Å². The average Bonchev–Trinajstić information content (AvgIpc) is 3.09. The lowest BCUT2D eigenvalue weighted by molar-refractivity contribution is -0.156. The predicted molar refractivity (Wildman–Crippen MR) is 71.7 cm³/mol. The third-order valence-corrected chi connectivity index (χ3v) is 2.81. The number of amides is 1. The van der Waals surface area contributed by atoms with Crippen LogP contribution in [0.25, 0.3) is 0 Å². The monoisotopic (exact) mass is 271 g/mol. The summed E-state index contributed by atoms with van der Waals surface area (Å²) in [4.78, 5) is 25.5. The standard InChI is InChI=1S/C14H25NO4/c1-14(2,3)19-13(17)8-7-12(16)15(9-10-18-4)11-5-6-11/h11H,5-10H2,1-4H3. The van der Waals surface area contributed by atoms with Crippen LogP contribution in [0.1, 0.15) is 46.5 Å². The maximum Gasteiger partial charge on any atom is 0.306 e. The summed E-state index contributed by atoms with van der Waals surface area (Å²) in [6.45, 7) is 6.61. The van der Waals surface area contributed by atoms with Crippen LogP contribution in [0, 0.1) is 0 Å². The number of hydrogen-bond donors (Lipinski definition) is 0. The van der Waals surface area contributed by atoms with E-state index in [1.807, 2.05) is 25.7 Å². The molecule has 1 fully saturated rings. The normalized spacial score (nSPS) is 15.2. The van der Waals surface area contributed by atoms with E-state index in [4.69, 9.17) is 9.47 Å². The van der Waals surface area contributed by atoms with Crippen molar-refractivity contribution in [3.8, 4) is 0 Å². The van der Waals surface area contributed by atoms with Gasteiger partial charge < -0.3 is 14.4 Å². The number of rotatable bonds is 7. The Balaban J connectivity index is 2.33. The summed E-state index contributed by atoms with van der Waals surface area (Å²) in [5.41, 5.74) is -0.494. The van der Waals surface area contributed by atoms with Gasteiger partial charge in [-0.1, -0.05) is 0 Å². The first-order valence-corrected chi connectivity index (χ1v) is 6.84. The molecule has 19 heavy (non-hydrogen) atoms. The van der Waals surface area contributed by atoms with E-state index in [9.17, 15) is 9.59 Å². The Bertz CT molecular complexity index is 318. The van der Waals surface area contributed by atoms with Gasteiger partial charge >= 0.3 is 5.97 Å². The molecule has 0 aromatic carbocycles. The second kappa shape index (κ2) is 6.89. The maximum absolute atomic E-state index is 12.1. The minimum Gasteiger partial charge on any atom is -0.460 e.